The van der Waals surface area contributed by atoms with Crippen LogP contribution in [0, 0.1) is 39.9 Å². The highest BCUT2D eigenvalue weighted by Crippen LogP contribution is 2.80. The molecule has 6 rings (SSSR count). The van der Waals surface area contributed by atoms with Gasteiger partial charge in [0.05, 0.1) is 6.04 Å². The van der Waals surface area contributed by atoms with Gasteiger partial charge in [0, 0.05) is 17.5 Å². The third kappa shape index (κ3) is 1.65. The zero-order valence-corrected chi connectivity index (χ0v) is 16.1. The van der Waals surface area contributed by atoms with E-state index in [1.807, 2.05) is 0 Å². The molecule has 2 heterocycles. The molecule has 0 aromatic rings. The Balaban J connectivity index is 1.73. The molecular formula is C22H33NO2. The van der Waals surface area contributed by atoms with Crippen molar-refractivity contribution in [2.24, 2.45) is 44.9 Å². The van der Waals surface area contributed by atoms with Gasteiger partial charge in [-0.1, -0.05) is 27.2 Å². The second kappa shape index (κ2) is 4.89. The number of rotatable bonds is 4. The van der Waals surface area contributed by atoms with Gasteiger partial charge in [0.1, 0.15) is 0 Å². The Morgan fingerprint density at radius 1 is 1.24 bits per heavy atom. The number of aliphatic carboxylic acids is 1. The molecule has 2 aliphatic heterocycles. The maximum atomic E-state index is 11.6. The molecule has 0 saturated heterocycles. The first-order valence-corrected chi connectivity index (χ1v) is 10.7. The van der Waals surface area contributed by atoms with Gasteiger partial charge in [0.25, 0.3) is 0 Å². The lowest BCUT2D eigenvalue weighted by Gasteiger charge is -2.71. The Morgan fingerprint density at radius 2 is 2.04 bits per heavy atom. The number of nitrogens with zero attached hydrogens (tertiary/aromatic N) is 1. The summed E-state index contributed by atoms with van der Waals surface area (Å²) >= 11 is 0. The summed E-state index contributed by atoms with van der Waals surface area (Å²) in [5.41, 5.74) is 2.31. The quantitative estimate of drug-likeness (QED) is 0.785. The molecule has 4 saturated carbocycles. The van der Waals surface area contributed by atoms with E-state index in [9.17, 15) is 9.90 Å². The minimum Gasteiger partial charge on any atom is -0.481 e. The molecule has 1 spiro atoms. The van der Waals surface area contributed by atoms with Gasteiger partial charge in [-0.15, -0.1) is 0 Å². The summed E-state index contributed by atoms with van der Waals surface area (Å²) in [6, 6.07) is 0.563. The molecule has 0 aromatic carbocycles. The fourth-order valence-electron chi connectivity index (χ4n) is 8.94. The van der Waals surface area contributed by atoms with E-state index in [4.69, 9.17) is 4.99 Å². The molecule has 7 unspecified atom stereocenters. The van der Waals surface area contributed by atoms with Gasteiger partial charge in [-0.2, -0.15) is 0 Å². The van der Waals surface area contributed by atoms with E-state index < -0.39 is 5.97 Å². The van der Waals surface area contributed by atoms with Crippen LogP contribution in [0.4, 0.5) is 0 Å². The molecule has 0 amide bonds. The predicted octanol–water partition coefficient (Wildman–Crippen LogP) is 4.94. The number of hydrogen-bond donors (Lipinski definition) is 1. The fourth-order valence-corrected chi connectivity index (χ4v) is 8.94. The van der Waals surface area contributed by atoms with E-state index in [1.54, 1.807) is 0 Å². The third-order valence-corrected chi connectivity index (χ3v) is 9.75. The molecular weight excluding hydrogens is 310 g/mol. The molecule has 0 aromatic heterocycles. The molecule has 138 valence electrons. The summed E-state index contributed by atoms with van der Waals surface area (Å²) in [5.74, 6) is 2.01. The van der Waals surface area contributed by atoms with Crippen LogP contribution in [-0.2, 0) is 4.79 Å². The van der Waals surface area contributed by atoms with Gasteiger partial charge in [-0.05, 0) is 79.4 Å². The molecule has 1 N–H and O–H groups in total. The predicted molar refractivity (Wildman–Crippen MR) is 98.7 cm³/mol. The van der Waals surface area contributed by atoms with Crippen LogP contribution < -0.4 is 0 Å². The van der Waals surface area contributed by atoms with Gasteiger partial charge in [-0.25, -0.2) is 0 Å². The van der Waals surface area contributed by atoms with E-state index in [0.29, 0.717) is 47.0 Å². The molecule has 4 aliphatic carbocycles. The molecule has 7 atom stereocenters. The van der Waals surface area contributed by atoms with Crippen LogP contribution in [0.2, 0.25) is 0 Å². The van der Waals surface area contributed by atoms with Crippen LogP contribution >= 0.6 is 0 Å². The summed E-state index contributed by atoms with van der Waals surface area (Å²) in [4.78, 5) is 17.1. The highest BCUT2D eigenvalue weighted by atomic mass is 16.4. The molecule has 6 bridgehead atoms. The van der Waals surface area contributed by atoms with E-state index in [1.165, 1.54) is 50.7 Å². The largest absolute Gasteiger partial charge is 0.481 e. The van der Waals surface area contributed by atoms with Crippen LogP contribution in [-0.4, -0.2) is 22.8 Å². The van der Waals surface area contributed by atoms with Crippen molar-refractivity contribution in [1.29, 1.82) is 0 Å². The van der Waals surface area contributed by atoms with Crippen LogP contribution in [0.1, 0.15) is 78.6 Å². The maximum Gasteiger partial charge on any atom is 0.303 e. The van der Waals surface area contributed by atoms with Crippen molar-refractivity contribution in [2.75, 3.05) is 0 Å². The minimum absolute atomic E-state index is 0.0883. The monoisotopic (exact) mass is 343 g/mol. The van der Waals surface area contributed by atoms with Crippen LogP contribution in [0.5, 0.6) is 0 Å². The molecule has 6 aliphatic rings. The van der Waals surface area contributed by atoms with Crippen molar-refractivity contribution in [3.63, 3.8) is 0 Å². The number of carboxylic acid groups (broad SMARTS) is 1. The number of hydrogen-bond acceptors (Lipinski definition) is 2. The Bertz CT molecular complexity index is 654. The van der Waals surface area contributed by atoms with Crippen molar-refractivity contribution in [1.82, 2.24) is 0 Å². The molecule has 3 heteroatoms. The smallest absolute Gasteiger partial charge is 0.303 e. The van der Waals surface area contributed by atoms with E-state index in [-0.39, 0.29) is 5.41 Å². The van der Waals surface area contributed by atoms with Crippen LogP contribution in [0.25, 0.3) is 0 Å². The summed E-state index contributed by atoms with van der Waals surface area (Å²) in [7, 11) is 0. The first-order chi connectivity index (χ1) is 11.9. The van der Waals surface area contributed by atoms with Gasteiger partial charge in [0.15, 0.2) is 0 Å². The highest BCUT2D eigenvalue weighted by molar-refractivity contribution is 5.97. The highest BCUT2D eigenvalue weighted by Gasteiger charge is 2.78. The van der Waals surface area contributed by atoms with Gasteiger partial charge in [0.2, 0.25) is 0 Å². The number of aliphatic imine (C=N–C) groups is 1. The standard InChI is InChI=1S/C22H33NO2/c1-13(2)14-6-10-20(3)15-7-11-21-9-4-5-16(21)22(20,12-8-17(24)25)18(14)23-19(15)21/h13-16,19H,4-12H2,1-3H3,(H,24,25). The molecule has 0 radical (unpaired) electrons. The normalized spacial score (nSPS) is 52.4. The second-order valence-electron chi connectivity index (χ2n) is 10.5. The average Bonchev–Trinajstić information content (AvgIpc) is 3.12. The molecule has 25 heavy (non-hydrogen) atoms. The van der Waals surface area contributed by atoms with Crippen LogP contribution in [0.3, 0.4) is 0 Å². The topological polar surface area (TPSA) is 49.7 Å². The number of carboxylic acids is 1. The number of carbonyl (C=O) groups is 1. The lowest BCUT2D eigenvalue weighted by molar-refractivity contribution is -0.146. The summed E-state index contributed by atoms with van der Waals surface area (Å²) in [6.07, 6.45) is 10.5. The summed E-state index contributed by atoms with van der Waals surface area (Å²) in [5, 5.41) is 9.54. The maximum absolute atomic E-state index is 11.6. The zero-order chi connectivity index (χ0) is 17.6. The van der Waals surface area contributed by atoms with E-state index in [0.717, 1.165) is 6.42 Å². The SMILES string of the molecule is CC(C)C1CCC2(C)C3CCC45CCCC4C2(CCC(=O)O)C1=NC35. The van der Waals surface area contributed by atoms with Crippen molar-refractivity contribution in [2.45, 2.75) is 84.6 Å². The zero-order valence-electron chi connectivity index (χ0n) is 16.1. The fraction of sp³-hybridized carbons (Fsp3) is 0.909. The van der Waals surface area contributed by atoms with Crippen molar-refractivity contribution < 1.29 is 9.90 Å². The Kier molecular flexibility index (Phi) is 3.20. The van der Waals surface area contributed by atoms with E-state index in [2.05, 4.69) is 20.8 Å². The van der Waals surface area contributed by atoms with Crippen LogP contribution in [0.15, 0.2) is 4.99 Å². The van der Waals surface area contributed by atoms with Crippen molar-refractivity contribution >= 4 is 11.7 Å². The molecule has 4 fully saturated rings. The molecule has 3 nitrogen and oxygen atoms in total. The minimum atomic E-state index is -0.621. The Labute approximate surface area is 151 Å². The van der Waals surface area contributed by atoms with Gasteiger partial charge in [-0.3, -0.25) is 9.79 Å². The van der Waals surface area contributed by atoms with Crippen molar-refractivity contribution in [3.05, 3.63) is 0 Å². The second-order valence-corrected chi connectivity index (χ2v) is 10.5. The Morgan fingerprint density at radius 3 is 2.76 bits per heavy atom. The summed E-state index contributed by atoms with van der Waals surface area (Å²) < 4.78 is 0. The lowest BCUT2D eigenvalue weighted by atomic mass is 9.35. The lowest BCUT2D eigenvalue weighted by Crippen LogP contribution is -2.71. The van der Waals surface area contributed by atoms with Gasteiger partial charge >= 0.3 is 5.97 Å². The first kappa shape index (κ1) is 16.3. The van der Waals surface area contributed by atoms with E-state index >= 15 is 0 Å². The van der Waals surface area contributed by atoms with Crippen molar-refractivity contribution in [3.8, 4) is 0 Å². The Hall–Kier alpha value is -0.860. The third-order valence-electron chi connectivity index (χ3n) is 9.75. The van der Waals surface area contributed by atoms with Gasteiger partial charge < -0.3 is 5.11 Å². The average molecular weight is 344 g/mol. The summed E-state index contributed by atoms with van der Waals surface area (Å²) in [6.45, 7) is 7.25. The first-order valence-electron chi connectivity index (χ1n) is 10.7.